The first-order valence-corrected chi connectivity index (χ1v) is 6.84. The highest BCUT2D eigenvalue weighted by atomic mass is 19.1. The van der Waals surface area contributed by atoms with Crippen LogP contribution in [-0.4, -0.2) is 17.5 Å². The lowest BCUT2D eigenvalue weighted by Gasteiger charge is -2.27. The summed E-state index contributed by atoms with van der Waals surface area (Å²) in [6.07, 6.45) is 2.46. The molecule has 2 rings (SSSR count). The van der Waals surface area contributed by atoms with Gasteiger partial charge in [-0.2, -0.15) is 0 Å². The van der Waals surface area contributed by atoms with Crippen LogP contribution >= 0.6 is 0 Å². The number of nitrogens with zero attached hydrogens (tertiary/aromatic N) is 1. The Bertz CT molecular complexity index is 403. The Morgan fingerprint density at radius 3 is 2.78 bits per heavy atom. The highest BCUT2D eigenvalue weighted by Crippen LogP contribution is 2.26. The lowest BCUT2D eigenvalue weighted by atomic mass is 10.0. The van der Waals surface area contributed by atoms with Crippen molar-refractivity contribution in [3.63, 3.8) is 0 Å². The minimum Gasteiger partial charge on any atom is -0.326 e. The molecule has 1 saturated heterocycles. The van der Waals surface area contributed by atoms with E-state index in [1.165, 1.54) is 12.8 Å². The minimum atomic E-state index is -0.116. The Morgan fingerprint density at radius 1 is 1.39 bits per heavy atom. The summed E-state index contributed by atoms with van der Waals surface area (Å²) in [5.41, 5.74) is 6.95. The van der Waals surface area contributed by atoms with E-state index in [0.717, 1.165) is 12.1 Å². The molecule has 1 unspecified atom stereocenters. The lowest BCUT2D eigenvalue weighted by molar-refractivity contribution is 0.196. The third-order valence-electron chi connectivity index (χ3n) is 3.94. The predicted molar refractivity (Wildman–Crippen MR) is 72.6 cm³/mol. The molecule has 100 valence electrons. The van der Waals surface area contributed by atoms with E-state index < -0.39 is 0 Å². The molecular weight excluding hydrogens is 227 g/mol. The highest BCUT2D eigenvalue weighted by Gasteiger charge is 2.27. The van der Waals surface area contributed by atoms with Crippen LogP contribution in [0.3, 0.4) is 0 Å². The van der Waals surface area contributed by atoms with E-state index in [9.17, 15) is 4.39 Å². The van der Waals surface area contributed by atoms with Crippen molar-refractivity contribution in [1.29, 1.82) is 0 Å². The second-order valence-corrected chi connectivity index (χ2v) is 5.52. The van der Waals surface area contributed by atoms with Crippen molar-refractivity contribution in [2.45, 2.75) is 45.8 Å². The van der Waals surface area contributed by atoms with Gasteiger partial charge in [0, 0.05) is 30.3 Å². The average Bonchev–Trinajstić information content (AvgIpc) is 2.80. The van der Waals surface area contributed by atoms with Gasteiger partial charge in [0.2, 0.25) is 0 Å². The monoisotopic (exact) mass is 250 g/mol. The molecule has 1 aliphatic rings. The molecule has 1 aliphatic heterocycles. The third kappa shape index (κ3) is 2.73. The standard InChI is InChI=1S/C15H23FN2/c1-11(2)14-7-4-8-18(14)10-13-6-3-5-12(9-17)15(13)16/h3,5-6,11,14H,4,7-10,17H2,1-2H3. The van der Waals surface area contributed by atoms with E-state index >= 15 is 0 Å². The van der Waals surface area contributed by atoms with Crippen molar-refractivity contribution in [1.82, 2.24) is 4.90 Å². The molecule has 0 radical (unpaired) electrons. The number of likely N-dealkylation sites (tertiary alicyclic amines) is 1. The summed E-state index contributed by atoms with van der Waals surface area (Å²) in [7, 11) is 0. The first-order valence-electron chi connectivity index (χ1n) is 6.84. The Kier molecular flexibility index (Phi) is 4.36. The summed E-state index contributed by atoms with van der Waals surface area (Å²) in [5.74, 6) is 0.516. The molecule has 0 bridgehead atoms. The molecule has 3 heteroatoms. The Hall–Kier alpha value is -0.930. The van der Waals surface area contributed by atoms with E-state index in [4.69, 9.17) is 5.73 Å². The molecule has 1 heterocycles. The molecule has 0 saturated carbocycles. The fraction of sp³-hybridized carbons (Fsp3) is 0.600. The topological polar surface area (TPSA) is 29.3 Å². The molecule has 0 aliphatic carbocycles. The molecule has 0 aromatic heterocycles. The molecule has 0 spiro atoms. The van der Waals surface area contributed by atoms with Crippen LogP contribution in [0.25, 0.3) is 0 Å². The Morgan fingerprint density at radius 2 is 2.11 bits per heavy atom. The van der Waals surface area contributed by atoms with E-state index in [1.54, 1.807) is 6.07 Å². The normalized spacial score (nSPS) is 20.8. The SMILES string of the molecule is CC(C)C1CCCN1Cc1cccc(CN)c1F. The zero-order valence-corrected chi connectivity index (χ0v) is 11.3. The van der Waals surface area contributed by atoms with Gasteiger partial charge >= 0.3 is 0 Å². The molecule has 2 nitrogen and oxygen atoms in total. The Labute approximate surface area is 109 Å². The van der Waals surface area contributed by atoms with Crippen molar-refractivity contribution in [3.8, 4) is 0 Å². The van der Waals surface area contributed by atoms with Crippen LogP contribution in [-0.2, 0) is 13.1 Å². The molecule has 1 aromatic rings. The van der Waals surface area contributed by atoms with E-state index in [-0.39, 0.29) is 12.4 Å². The summed E-state index contributed by atoms with van der Waals surface area (Å²) in [6.45, 7) is 6.55. The van der Waals surface area contributed by atoms with Gasteiger partial charge in [-0.3, -0.25) is 4.90 Å². The summed E-state index contributed by atoms with van der Waals surface area (Å²) in [4.78, 5) is 2.41. The largest absolute Gasteiger partial charge is 0.326 e. The van der Waals surface area contributed by atoms with Gasteiger partial charge in [0.05, 0.1) is 0 Å². The van der Waals surface area contributed by atoms with Gasteiger partial charge in [-0.05, 0) is 25.3 Å². The molecule has 18 heavy (non-hydrogen) atoms. The van der Waals surface area contributed by atoms with Crippen LogP contribution in [0.2, 0.25) is 0 Å². The van der Waals surface area contributed by atoms with Crippen LogP contribution < -0.4 is 5.73 Å². The van der Waals surface area contributed by atoms with Gasteiger partial charge in [-0.25, -0.2) is 4.39 Å². The smallest absolute Gasteiger partial charge is 0.132 e. The number of nitrogens with two attached hydrogens (primary N) is 1. The van der Waals surface area contributed by atoms with Crippen molar-refractivity contribution in [3.05, 3.63) is 35.1 Å². The maximum atomic E-state index is 14.1. The van der Waals surface area contributed by atoms with Gasteiger partial charge in [0.15, 0.2) is 0 Å². The van der Waals surface area contributed by atoms with Gasteiger partial charge in [-0.1, -0.05) is 32.0 Å². The van der Waals surface area contributed by atoms with E-state index in [2.05, 4.69) is 18.7 Å². The van der Waals surface area contributed by atoms with Crippen molar-refractivity contribution < 1.29 is 4.39 Å². The summed E-state index contributed by atoms with van der Waals surface area (Å²) in [6, 6.07) is 6.14. The number of halogens is 1. The molecule has 1 fully saturated rings. The average molecular weight is 250 g/mol. The molecule has 0 amide bonds. The molecule has 2 N–H and O–H groups in total. The zero-order chi connectivity index (χ0) is 13.1. The third-order valence-corrected chi connectivity index (χ3v) is 3.94. The van der Waals surface area contributed by atoms with Gasteiger partial charge in [0.25, 0.3) is 0 Å². The van der Waals surface area contributed by atoms with Crippen LogP contribution in [0.1, 0.15) is 37.8 Å². The van der Waals surface area contributed by atoms with Crippen molar-refractivity contribution in [2.75, 3.05) is 6.54 Å². The summed E-state index contributed by atoms with van der Waals surface area (Å²) < 4.78 is 14.1. The minimum absolute atomic E-state index is 0.116. The Balaban J connectivity index is 2.14. The quantitative estimate of drug-likeness (QED) is 0.890. The maximum absolute atomic E-state index is 14.1. The first-order chi connectivity index (χ1) is 8.63. The highest BCUT2D eigenvalue weighted by molar-refractivity contribution is 5.26. The van der Waals surface area contributed by atoms with E-state index in [0.29, 0.717) is 24.1 Å². The van der Waals surface area contributed by atoms with Crippen molar-refractivity contribution >= 4 is 0 Å². The number of hydrogen-bond acceptors (Lipinski definition) is 2. The van der Waals surface area contributed by atoms with Gasteiger partial charge < -0.3 is 5.73 Å². The summed E-state index contributed by atoms with van der Waals surface area (Å²) in [5, 5.41) is 0. The second-order valence-electron chi connectivity index (χ2n) is 5.52. The lowest BCUT2D eigenvalue weighted by Crippen LogP contribution is -2.33. The van der Waals surface area contributed by atoms with Crippen LogP contribution in [0, 0.1) is 11.7 Å². The fourth-order valence-corrected chi connectivity index (χ4v) is 2.93. The van der Waals surface area contributed by atoms with Gasteiger partial charge in [0.1, 0.15) is 5.82 Å². The predicted octanol–water partition coefficient (Wildman–Crippen LogP) is 2.90. The molecule has 1 aromatic carbocycles. The maximum Gasteiger partial charge on any atom is 0.132 e. The van der Waals surface area contributed by atoms with Gasteiger partial charge in [-0.15, -0.1) is 0 Å². The van der Waals surface area contributed by atoms with Crippen LogP contribution in [0.15, 0.2) is 18.2 Å². The second kappa shape index (κ2) is 5.81. The summed E-state index contributed by atoms with van der Waals surface area (Å²) >= 11 is 0. The molecule has 1 atom stereocenters. The van der Waals surface area contributed by atoms with Crippen LogP contribution in [0.5, 0.6) is 0 Å². The number of hydrogen-bond donors (Lipinski definition) is 1. The van der Waals surface area contributed by atoms with Crippen molar-refractivity contribution in [2.24, 2.45) is 11.7 Å². The van der Waals surface area contributed by atoms with E-state index in [1.807, 2.05) is 12.1 Å². The number of rotatable bonds is 4. The molecular formula is C15H23FN2. The fourth-order valence-electron chi connectivity index (χ4n) is 2.93. The number of benzene rings is 1. The first kappa shape index (κ1) is 13.5. The van der Waals surface area contributed by atoms with Crippen LogP contribution in [0.4, 0.5) is 4.39 Å². The zero-order valence-electron chi connectivity index (χ0n) is 11.3.